The molecule has 1 heterocycles. The first-order chi connectivity index (χ1) is 10.5. The van der Waals surface area contributed by atoms with E-state index in [0.29, 0.717) is 11.4 Å². The summed E-state index contributed by atoms with van der Waals surface area (Å²) in [6, 6.07) is 9.05. The van der Waals surface area contributed by atoms with Crippen molar-refractivity contribution in [1.82, 2.24) is 9.88 Å². The predicted octanol–water partition coefficient (Wildman–Crippen LogP) is 2.45. The van der Waals surface area contributed by atoms with Crippen LogP contribution in [0.5, 0.6) is 0 Å². The van der Waals surface area contributed by atoms with Crippen molar-refractivity contribution in [3.8, 4) is 0 Å². The van der Waals surface area contributed by atoms with Crippen molar-refractivity contribution in [3.05, 3.63) is 54.1 Å². The third-order valence-corrected chi connectivity index (χ3v) is 2.99. The lowest BCUT2D eigenvalue weighted by Gasteiger charge is -2.11. The van der Waals surface area contributed by atoms with Gasteiger partial charge in [0, 0.05) is 18.8 Å². The molecule has 1 aromatic carbocycles. The average Bonchev–Trinajstić information content (AvgIpc) is 2.50. The van der Waals surface area contributed by atoms with Crippen molar-refractivity contribution in [3.63, 3.8) is 0 Å². The van der Waals surface area contributed by atoms with Gasteiger partial charge in [0.2, 0.25) is 0 Å². The molecule has 0 bridgehead atoms. The molecule has 22 heavy (non-hydrogen) atoms. The molecule has 5 nitrogen and oxygen atoms in total. The number of nitrogens with zero attached hydrogens (tertiary/aromatic N) is 2. The standard InChI is InChI=1S/C16H19FN4O/c1-21(2)10-9-18-14-7-8-15(19-11-14)16(22)20-13-5-3-12(17)4-6-13/h3-8,11,18H,9-10H2,1-2H3,(H,20,22). The highest BCUT2D eigenvalue weighted by Crippen LogP contribution is 2.11. The Balaban J connectivity index is 1.91. The summed E-state index contributed by atoms with van der Waals surface area (Å²) in [7, 11) is 4.01. The van der Waals surface area contributed by atoms with Gasteiger partial charge in [0.15, 0.2) is 0 Å². The summed E-state index contributed by atoms with van der Waals surface area (Å²) in [5, 5.41) is 5.89. The summed E-state index contributed by atoms with van der Waals surface area (Å²) >= 11 is 0. The fraction of sp³-hybridized carbons (Fsp3) is 0.250. The molecule has 1 aromatic heterocycles. The van der Waals surface area contributed by atoms with E-state index in [-0.39, 0.29) is 11.7 Å². The third kappa shape index (κ3) is 4.82. The van der Waals surface area contributed by atoms with Gasteiger partial charge in [0.1, 0.15) is 11.5 Å². The molecule has 0 unspecified atom stereocenters. The number of halogens is 1. The van der Waals surface area contributed by atoms with Crippen LogP contribution in [0.1, 0.15) is 10.5 Å². The van der Waals surface area contributed by atoms with Crippen LogP contribution in [0.15, 0.2) is 42.6 Å². The Labute approximate surface area is 129 Å². The monoisotopic (exact) mass is 302 g/mol. The molecule has 1 amide bonds. The van der Waals surface area contributed by atoms with E-state index < -0.39 is 0 Å². The van der Waals surface area contributed by atoms with Crippen molar-refractivity contribution >= 4 is 17.3 Å². The van der Waals surface area contributed by atoms with Crippen LogP contribution >= 0.6 is 0 Å². The Kier molecular flexibility index (Phi) is 5.43. The fourth-order valence-corrected chi connectivity index (χ4v) is 1.78. The summed E-state index contributed by atoms with van der Waals surface area (Å²) in [5.74, 6) is -0.671. The molecule has 0 aliphatic carbocycles. The summed E-state index contributed by atoms with van der Waals surface area (Å²) in [6.45, 7) is 1.71. The van der Waals surface area contributed by atoms with E-state index in [2.05, 4.69) is 20.5 Å². The number of carbonyl (C=O) groups excluding carboxylic acids is 1. The number of likely N-dealkylation sites (N-methyl/N-ethyl adjacent to an activating group) is 1. The fourth-order valence-electron chi connectivity index (χ4n) is 1.78. The lowest BCUT2D eigenvalue weighted by atomic mass is 10.2. The maximum absolute atomic E-state index is 12.8. The highest BCUT2D eigenvalue weighted by atomic mass is 19.1. The van der Waals surface area contributed by atoms with E-state index in [1.54, 1.807) is 12.3 Å². The minimum absolute atomic E-state index is 0.308. The number of amides is 1. The van der Waals surface area contributed by atoms with Crippen molar-refractivity contribution in [1.29, 1.82) is 0 Å². The summed E-state index contributed by atoms with van der Waals surface area (Å²) in [6.07, 6.45) is 1.62. The zero-order chi connectivity index (χ0) is 15.9. The molecule has 0 spiro atoms. The average molecular weight is 302 g/mol. The summed E-state index contributed by atoms with van der Waals surface area (Å²) in [5.41, 5.74) is 1.70. The molecular formula is C16H19FN4O. The molecule has 0 saturated carbocycles. The second kappa shape index (κ2) is 7.51. The first-order valence-corrected chi connectivity index (χ1v) is 6.96. The number of pyridine rings is 1. The largest absolute Gasteiger partial charge is 0.383 e. The lowest BCUT2D eigenvalue weighted by molar-refractivity contribution is 0.102. The first kappa shape index (κ1) is 15.9. The minimum atomic E-state index is -0.343. The second-order valence-corrected chi connectivity index (χ2v) is 5.12. The number of nitrogens with one attached hydrogen (secondary N) is 2. The first-order valence-electron chi connectivity index (χ1n) is 6.96. The normalized spacial score (nSPS) is 10.5. The highest BCUT2D eigenvalue weighted by molar-refractivity contribution is 6.02. The van der Waals surface area contributed by atoms with Crippen LogP contribution in [0, 0.1) is 5.82 Å². The number of aromatic nitrogens is 1. The quantitative estimate of drug-likeness (QED) is 0.860. The minimum Gasteiger partial charge on any atom is -0.383 e. The van der Waals surface area contributed by atoms with Gasteiger partial charge in [-0.25, -0.2) is 9.37 Å². The van der Waals surface area contributed by atoms with E-state index in [1.165, 1.54) is 24.3 Å². The molecule has 6 heteroatoms. The van der Waals surface area contributed by atoms with E-state index in [9.17, 15) is 9.18 Å². The maximum Gasteiger partial charge on any atom is 0.274 e. The number of benzene rings is 1. The van der Waals surface area contributed by atoms with Gasteiger partial charge in [0.25, 0.3) is 5.91 Å². The van der Waals surface area contributed by atoms with Gasteiger partial charge in [-0.3, -0.25) is 4.79 Å². The molecule has 2 aromatic rings. The highest BCUT2D eigenvalue weighted by Gasteiger charge is 2.07. The molecule has 0 saturated heterocycles. The van der Waals surface area contributed by atoms with Crippen LogP contribution in [0.2, 0.25) is 0 Å². The SMILES string of the molecule is CN(C)CCNc1ccc(C(=O)Nc2ccc(F)cc2)nc1. The number of anilines is 2. The van der Waals surface area contributed by atoms with Crippen LogP contribution in [0.25, 0.3) is 0 Å². The van der Waals surface area contributed by atoms with E-state index >= 15 is 0 Å². The van der Waals surface area contributed by atoms with E-state index in [4.69, 9.17) is 0 Å². The van der Waals surface area contributed by atoms with Crippen LogP contribution in [0.4, 0.5) is 15.8 Å². The van der Waals surface area contributed by atoms with Crippen molar-refractivity contribution in [2.45, 2.75) is 0 Å². The van der Waals surface area contributed by atoms with Crippen molar-refractivity contribution < 1.29 is 9.18 Å². The van der Waals surface area contributed by atoms with Crippen LogP contribution in [0.3, 0.4) is 0 Å². The third-order valence-electron chi connectivity index (χ3n) is 2.99. The van der Waals surface area contributed by atoms with Crippen molar-refractivity contribution in [2.24, 2.45) is 0 Å². The molecule has 0 fully saturated rings. The van der Waals surface area contributed by atoms with Gasteiger partial charge in [-0.05, 0) is 50.5 Å². The van der Waals surface area contributed by atoms with Crippen LogP contribution < -0.4 is 10.6 Å². The smallest absolute Gasteiger partial charge is 0.274 e. The Hall–Kier alpha value is -2.47. The molecule has 0 aliphatic heterocycles. The van der Waals surface area contributed by atoms with Gasteiger partial charge >= 0.3 is 0 Å². The molecule has 0 radical (unpaired) electrons. The number of hydrogen-bond acceptors (Lipinski definition) is 4. The van der Waals surface area contributed by atoms with Gasteiger partial charge in [-0.15, -0.1) is 0 Å². The van der Waals surface area contributed by atoms with Gasteiger partial charge in [0.05, 0.1) is 11.9 Å². The van der Waals surface area contributed by atoms with E-state index in [1.807, 2.05) is 20.2 Å². The molecule has 0 aliphatic rings. The summed E-state index contributed by atoms with van der Waals surface area (Å²) < 4.78 is 12.8. The maximum atomic E-state index is 12.8. The van der Waals surface area contributed by atoms with E-state index in [0.717, 1.165) is 18.8 Å². The van der Waals surface area contributed by atoms with Crippen molar-refractivity contribution in [2.75, 3.05) is 37.8 Å². The van der Waals surface area contributed by atoms with Crippen LogP contribution in [-0.4, -0.2) is 43.0 Å². The van der Waals surface area contributed by atoms with Gasteiger partial charge in [-0.2, -0.15) is 0 Å². The Morgan fingerprint density at radius 1 is 1.14 bits per heavy atom. The molecule has 2 rings (SSSR count). The Bertz CT molecular complexity index is 611. The zero-order valence-electron chi connectivity index (χ0n) is 12.6. The lowest BCUT2D eigenvalue weighted by Crippen LogP contribution is -2.21. The zero-order valence-corrected chi connectivity index (χ0v) is 12.6. The molecule has 0 atom stereocenters. The Morgan fingerprint density at radius 2 is 1.82 bits per heavy atom. The molecular weight excluding hydrogens is 283 g/mol. The molecule has 2 N–H and O–H groups in total. The topological polar surface area (TPSA) is 57.3 Å². The summed E-state index contributed by atoms with van der Waals surface area (Å²) in [4.78, 5) is 18.2. The molecule has 116 valence electrons. The predicted molar refractivity (Wildman–Crippen MR) is 85.6 cm³/mol. The Morgan fingerprint density at radius 3 is 2.41 bits per heavy atom. The van der Waals surface area contributed by atoms with Gasteiger partial charge in [-0.1, -0.05) is 0 Å². The number of carbonyl (C=O) groups is 1. The number of rotatable bonds is 6. The van der Waals surface area contributed by atoms with Gasteiger partial charge < -0.3 is 15.5 Å². The number of hydrogen-bond donors (Lipinski definition) is 2. The van der Waals surface area contributed by atoms with Crippen LogP contribution in [-0.2, 0) is 0 Å². The second-order valence-electron chi connectivity index (χ2n) is 5.12.